The monoisotopic (exact) mass is 354 g/mol. The Morgan fingerprint density at radius 1 is 1.22 bits per heavy atom. The summed E-state index contributed by atoms with van der Waals surface area (Å²) in [5.74, 6) is 0. The number of nitrogens with zero attached hydrogens (tertiary/aromatic N) is 1. The van der Waals surface area contributed by atoms with Crippen molar-refractivity contribution < 1.29 is 34.8 Å². The summed E-state index contributed by atoms with van der Waals surface area (Å²) in [7, 11) is 0.928. The number of aliphatic hydroxyl groups excluding tert-OH is 5. The van der Waals surface area contributed by atoms with Crippen molar-refractivity contribution in [3.63, 3.8) is 0 Å². The number of carbonyl (C=O) groups is 1. The normalized spacial score (nSPS) is 17.0. The van der Waals surface area contributed by atoms with E-state index in [-0.39, 0.29) is 6.54 Å². The van der Waals surface area contributed by atoms with Crippen LogP contribution in [0.4, 0.5) is 4.79 Å². The number of carbonyl (C=O) groups excluding carboxylic acids is 1. The predicted octanol–water partition coefficient (Wildman–Crippen LogP) is -3.01. The Morgan fingerprint density at radius 3 is 2.39 bits per heavy atom. The first-order valence-corrected chi connectivity index (χ1v) is 9.32. The molecule has 6 N–H and O–H groups in total. The highest BCUT2D eigenvalue weighted by Crippen LogP contribution is 2.06. The molecular weight excluding hydrogens is 324 g/mol. The highest BCUT2D eigenvalue weighted by Gasteiger charge is 2.31. The Kier molecular flexibility index (Phi) is 12.2. The molecule has 138 valence electrons. The third kappa shape index (κ3) is 9.20. The van der Waals surface area contributed by atoms with E-state index in [1.807, 2.05) is 6.92 Å². The second kappa shape index (κ2) is 12.6. The van der Waals surface area contributed by atoms with Crippen LogP contribution in [0.5, 0.6) is 0 Å². The summed E-state index contributed by atoms with van der Waals surface area (Å²) in [6, 6.07) is 0.552. The zero-order valence-corrected chi connectivity index (χ0v) is 15.2. The molecule has 0 aromatic rings. The van der Waals surface area contributed by atoms with Crippen LogP contribution in [-0.2, 0) is 4.43 Å². The van der Waals surface area contributed by atoms with Crippen LogP contribution >= 0.6 is 0 Å². The smallest absolute Gasteiger partial charge is 0.317 e. The first kappa shape index (κ1) is 22.2. The Labute approximate surface area is 138 Å². The molecule has 0 radical (unpaired) electrons. The quantitative estimate of drug-likeness (QED) is 0.162. The fourth-order valence-corrected chi connectivity index (χ4v) is 2.79. The lowest BCUT2D eigenvalue weighted by Crippen LogP contribution is -2.51. The van der Waals surface area contributed by atoms with Gasteiger partial charge in [0.2, 0.25) is 0 Å². The van der Waals surface area contributed by atoms with Crippen molar-refractivity contribution in [2.24, 2.45) is 0 Å². The molecule has 0 aliphatic rings. The maximum atomic E-state index is 11.8. The lowest BCUT2D eigenvalue weighted by Gasteiger charge is -2.28. The van der Waals surface area contributed by atoms with Gasteiger partial charge in [-0.1, -0.05) is 0 Å². The predicted molar refractivity (Wildman–Crippen MR) is 86.7 cm³/mol. The van der Waals surface area contributed by atoms with E-state index in [0.717, 1.165) is 19.1 Å². The van der Waals surface area contributed by atoms with Gasteiger partial charge in [0.15, 0.2) is 9.76 Å². The minimum absolute atomic E-state index is 0.226. The average molecular weight is 354 g/mol. The van der Waals surface area contributed by atoms with Gasteiger partial charge in [-0.3, -0.25) is 0 Å². The average Bonchev–Trinajstić information content (AvgIpc) is 2.55. The molecule has 0 heterocycles. The molecule has 4 atom stereocenters. The molecule has 0 fully saturated rings. The Hall–Kier alpha value is -0.753. The van der Waals surface area contributed by atoms with Gasteiger partial charge in [-0.2, -0.15) is 0 Å². The zero-order valence-electron chi connectivity index (χ0n) is 13.8. The SMILES string of the molecule is CCO[SiH2]CCCNC(=O)N(C)CC(O)C(O)C(O)C(O)CO. The van der Waals surface area contributed by atoms with Crippen molar-refractivity contribution in [3.8, 4) is 0 Å². The molecule has 0 aliphatic heterocycles. The van der Waals surface area contributed by atoms with Crippen molar-refractivity contribution in [2.45, 2.75) is 43.8 Å². The Balaban J connectivity index is 4.05. The number of hydrogen-bond donors (Lipinski definition) is 6. The van der Waals surface area contributed by atoms with E-state index in [4.69, 9.17) is 9.53 Å². The van der Waals surface area contributed by atoms with Gasteiger partial charge in [0, 0.05) is 20.2 Å². The molecule has 0 spiro atoms. The van der Waals surface area contributed by atoms with Crippen molar-refractivity contribution >= 4 is 15.8 Å². The topological polar surface area (TPSA) is 143 Å². The summed E-state index contributed by atoms with van der Waals surface area (Å²) < 4.78 is 5.31. The molecule has 0 bridgehead atoms. The first-order chi connectivity index (χ1) is 10.8. The first-order valence-electron chi connectivity index (χ1n) is 7.74. The molecule has 0 aromatic heterocycles. The summed E-state index contributed by atoms with van der Waals surface area (Å²) in [6.45, 7) is 2.19. The molecule has 0 aromatic carbocycles. The van der Waals surface area contributed by atoms with Crippen molar-refractivity contribution in [2.75, 3.05) is 33.4 Å². The number of amides is 2. The lowest BCUT2D eigenvalue weighted by molar-refractivity contribution is -0.117. The van der Waals surface area contributed by atoms with E-state index in [2.05, 4.69) is 5.32 Å². The minimum Gasteiger partial charge on any atom is -0.424 e. The minimum atomic E-state index is -1.70. The number of rotatable bonds is 12. The van der Waals surface area contributed by atoms with Crippen LogP contribution in [0.1, 0.15) is 13.3 Å². The van der Waals surface area contributed by atoms with Gasteiger partial charge in [0.25, 0.3) is 0 Å². The molecule has 9 nitrogen and oxygen atoms in total. The van der Waals surface area contributed by atoms with Crippen LogP contribution < -0.4 is 5.32 Å². The van der Waals surface area contributed by atoms with E-state index >= 15 is 0 Å². The van der Waals surface area contributed by atoms with E-state index in [1.54, 1.807) is 0 Å². The van der Waals surface area contributed by atoms with Gasteiger partial charge in [-0.15, -0.1) is 0 Å². The van der Waals surface area contributed by atoms with Crippen molar-refractivity contribution in [1.82, 2.24) is 10.2 Å². The summed E-state index contributed by atoms with van der Waals surface area (Å²) in [6.07, 6.45) is -5.57. The van der Waals surface area contributed by atoms with Crippen LogP contribution in [0.3, 0.4) is 0 Å². The zero-order chi connectivity index (χ0) is 17.8. The largest absolute Gasteiger partial charge is 0.424 e. The molecular formula is C13H30N2O7Si. The molecule has 2 amide bonds. The third-order valence-corrected chi connectivity index (χ3v) is 4.81. The molecule has 0 saturated heterocycles. The van der Waals surface area contributed by atoms with E-state index < -0.39 is 46.8 Å². The summed E-state index contributed by atoms with van der Waals surface area (Å²) >= 11 is 0. The van der Waals surface area contributed by atoms with Crippen LogP contribution in [0, 0.1) is 0 Å². The lowest BCUT2D eigenvalue weighted by atomic mass is 10.0. The van der Waals surface area contributed by atoms with Crippen LogP contribution in [0.2, 0.25) is 6.04 Å². The summed E-state index contributed by atoms with van der Waals surface area (Å²) in [5.41, 5.74) is 0. The van der Waals surface area contributed by atoms with Crippen LogP contribution in [0.15, 0.2) is 0 Å². The van der Waals surface area contributed by atoms with Gasteiger partial charge in [-0.05, 0) is 19.4 Å². The second-order valence-corrected chi connectivity index (χ2v) is 6.84. The highest BCUT2D eigenvalue weighted by molar-refractivity contribution is 6.26. The van der Waals surface area contributed by atoms with Gasteiger partial charge >= 0.3 is 6.03 Å². The number of aliphatic hydroxyl groups is 5. The number of urea groups is 1. The van der Waals surface area contributed by atoms with Gasteiger partial charge in [-0.25, -0.2) is 4.79 Å². The van der Waals surface area contributed by atoms with E-state index in [0.29, 0.717) is 6.54 Å². The van der Waals surface area contributed by atoms with Gasteiger partial charge in [0.1, 0.15) is 24.4 Å². The number of nitrogens with one attached hydrogen (secondary N) is 1. The van der Waals surface area contributed by atoms with Crippen molar-refractivity contribution in [3.05, 3.63) is 0 Å². The Bertz CT molecular complexity index is 325. The van der Waals surface area contributed by atoms with Gasteiger partial charge in [0.05, 0.1) is 13.2 Å². The van der Waals surface area contributed by atoms with Crippen molar-refractivity contribution in [1.29, 1.82) is 0 Å². The standard InChI is InChI=1S/C13H30N2O7Si/c1-3-22-23-6-4-5-14-13(21)15(2)7-9(17)11(19)12(20)10(18)8-16/h9-12,16-20H,3-8,23H2,1-2H3,(H,14,21). The number of likely N-dealkylation sites (N-methyl/N-ethyl adjacent to an activating group) is 1. The molecule has 0 aliphatic carbocycles. The number of hydrogen-bond acceptors (Lipinski definition) is 7. The second-order valence-electron chi connectivity index (χ2n) is 5.31. The van der Waals surface area contributed by atoms with Gasteiger partial charge < -0.3 is 40.2 Å². The molecule has 0 saturated carbocycles. The molecule has 23 heavy (non-hydrogen) atoms. The highest BCUT2D eigenvalue weighted by atomic mass is 28.2. The third-order valence-electron chi connectivity index (χ3n) is 3.33. The fraction of sp³-hybridized carbons (Fsp3) is 0.923. The van der Waals surface area contributed by atoms with E-state index in [9.17, 15) is 25.2 Å². The van der Waals surface area contributed by atoms with Crippen LogP contribution in [-0.4, -0.2) is 104 Å². The fourth-order valence-electron chi connectivity index (χ4n) is 1.84. The molecule has 0 rings (SSSR count). The van der Waals surface area contributed by atoms with E-state index in [1.165, 1.54) is 11.9 Å². The maximum Gasteiger partial charge on any atom is 0.317 e. The van der Waals surface area contributed by atoms with Crippen LogP contribution in [0.25, 0.3) is 0 Å². The summed E-state index contributed by atoms with van der Waals surface area (Å²) in [4.78, 5) is 13.0. The summed E-state index contributed by atoms with van der Waals surface area (Å²) in [5, 5.41) is 49.6. The molecule has 4 unspecified atom stereocenters. The Morgan fingerprint density at radius 2 is 1.83 bits per heavy atom. The maximum absolute atomic E-state index is 11.8. The molecule has 10 heteroatoms.